The Morgan fingerprint density at radius 3 is 2.88 bits per heavy atom. The van der Waals surface area contributed by atoms with Gasteiger partial charge in [0.15, 0.2) is 0 Å². The van der Waals surface area contributed by atoms with Crippen LogP contribution in [0.25, 0.3) is 0 Å². The fourth-order valence-corrected chi connectivity index (χ4v) is 0.247. The van der Waals surface area contributed by atoms with Crippen LogP contribution in [0, 0.1) is 0 Å². The van der Waals surface area contributed by atoms with Crippen molar-refractivity contribution >= 4 is 0 Å². The molecular formula is C4H10N2O2. The van der Waals surface area contributed by atoms with E-state index in [-0.39, 0.29) is 13.2 Å². The van der Waals surface area contributed by atoms with Gasteiger partial charge in [0.1, 0.15) is 6.26 Å². The number of hydrogen-bond donors (Lipinski definition) is 2. The molecule has 0 bridgehead atoms. The van der Waals surface area contributed by atoms with E-state index in [1.807, 2.05) is 0 Å². The summed E-state index contributed by atoms with van der Waals surface area (Å²) in [6, 6.07) is 0. The van der Waals surface area contributed by atoms with E-state index in [0.29, 0.717) is 0 Å². The Labute approximate surface area is 48.1 Å². The third kappa shape index (κ3) is 3.60. The van der Waals surface area contributed by atoms with E-state index >= 15 is 0 Å². The highest BCUT2D eigenvalue weighted by molar-refractivity contribution is 4.45. The second-order valence-corrected chi connectivity index (χ2v) is 1.14. The van der Waals surface area contributed by atoms with Gasteiger partial charge < -0.3 is 9.94 Å². The predicted molar refractivity (Wildman–Crippen MR) is 29.3 cm³/mol. The molecule has 0 unspecified atom stereocenters. The quantitative estimate of drug-likeness (QED) is 0.289. The molecule has 4 nitrogen and oxygen atoms in total. The lowest BCUT2D eigenvalue weighted by Gasteiger charge is -2.10. The number of hydrogen-bond acceptors (Lipinski definition) is 4. The van der Waals surface area contributed by atoms with Gasteiger partial charge in [-0.25, -0.2) is 5.84 Å². The Balaban J connectivity index is 3.03. The Bertz CT molecular complexity index is 67.1. The predicted octanol–water partition coefficient (Wildman–Crippen LogP) is -0.770. The van der Waals surface area contributed by atoms with Gasteiger partial charge in [0.05, 0.1) is 13.2 Å². The molecule has 0 aromatic rings. The molecule has 4 heteroatoms. The van der Waals surface area contributed by atoms with E-state index in [9.17, 15) is 0 Å². The Morgan fingerprint density at radius 1 is 1.88 bits per heavy atom. The van der Waals surface area contributed by atoms with Crippen LogP contribution in [0.1, 0.15) is 0 Å². The summed E-state index contributed by atoms with van der Waals surface area (Å²) in [6.45, 7) is 3.52. The van der Waals surface area contributed by atoms with Gasteiger partial charge in [0, 0.05) is 0 Å². The summed E-state index contributed by atoms with van der Waals surface area (Å²) in [5.74, 6) is 5.07. The van der Waals surface area contributed by atoms with E-state index in [0.717, 1.165) is 5.17 Å². The van der Waals surface area contributed by atoms with Crippen molar-refractivity contribution in [2.45, 2.75) is 0 Å². The van der Waals surface area contributed by atoms with Gasteiger partial charge in [0.2, 0.25) is 0 Å². The molecule has 0 aliphatic carbocycles. The van der Waals surface area contributed by atoms with Crippen LogP contribution in [0.3, 0.4) is 0 Å². The van der Waals surface area contributed by atoms with Crippen molar-refractivity contribution in [1.29, 1.82) is 0 Å². The van der Waals surface area contributed by atoms with E-state index in [2.05, 4.69) is 11.4 Å². The number of rotatable bonds is 4. The summed E-state index contributed by atoms with van der Waals surface area (Å²) < 4.78 is 0. The highest BCUT2D eigenvalue weighted by Crippen LogP contribution is 1.77. The number of nitrogens with zero attached hydrogens (tertiary/aromatic N) is 1. The summed E-state index contributed by atoms with van der Waals surface area (Å²) in [5, 5.41) is 9.22. The summed E-state index contributed by atoms with van der Waals surface area (Å²) >= 11 is 0. The average Bonchev–Trinajstić information content (AvgIpc) is 1.68. The molecule has 48 valence electrons. The molecule has 0 amide bonds. The molecule has 0 rings (SSSR count). The van der Waals surface area contributed by atoms with Crippen molar-refractivity contribution in [3.63, 3.8) is 0 Å². The van der Waals surface area contributed by atoms with Gasteiger partial charge in [-0.05, 0) is 0 Å². The van der Waals surface area contributed by atoms with Crippen molar-refractivity contribution in [2.24, 2.45) is 5.84 Å². The van der Waals surface area contributed by atoms with Crippen LogP contribution in [0.5, 0.6) is 0 Å². The van der Waals surface area contributed by atoms with Crippen molar-refractivity contribution < 1.29 is 9.94 Å². The van der Waals surface area contributed by atoms with E-state index in [1.165, 1.54) is 6.26 Å². The first-order valence-electron chi connectivity index (χ1n) is 2.22. The highest BCUT2D eigenvalue weighted by Gasteiger charge is 1.90. The number of hydrazine groups is 1. The lowest BCUT2D eigenvalue weighted by molar-refractivity contribution is -0.112. The van der Waals surface area contributed by atoms with Crippen LogP contribution >= 0.6 is 0 Å². The molecule has 3 N–H and O–H groups in total. The second kappa shape index (κ2) is 4.58. The Hall–Kier alpha value is -0.580. The molecule has 0 aliphatic heterocycles. The molecule has 0 spiro atoms. The summed E-state index contributed by atoms with van der Waals surface area (Å²) in [7, 11) is 0. The third-order valence-corrected chi connectivity index (χ3v) is 0.530. The van der Waals surface area contributed by atoms with Gasteiger partial charge >= 0.3 is 0 Å². The summed E-state index contributed by atoms with van der Waals surface area (Å²) in [4.78, 5) is 4.50. The van der Waals surface area contributed by atoms with E-state index in [4.69, 9.17) is 10.9 Å². The zero-order valence-electron chi connectivity index (χ0n) is 4.58. The van der Waals surface area contributed by atoms with Crippen LogP contribution in [0.2, 0.25) is 0 Å². The Morgan fingerprint density at radius 2 is 2.50 bits per heavy atom. The summed E-state index contributed by atoms with van der Waals surface area (Å²) in [5.41, 5.74) is 0. The van der Waals surface area contributed by atoms with Crippen LogP contribution in [-0.2, 0) is 4.84 Å². The average molecular weight is 118 g/mol. The van der Waals surface area contributed by atoms with Crippen LogP contribution < -0.4 is 5.84 Å². The number of aliphatic hydroxyl groups is 1. The molecule has 0 aliphatic rings. The molecule has 0 aromatic heterocycles. The van der Waals surface area contributed by atoms with Crippen molar-refractivity contribution in [3.05, 3.63) is 12.8 Å². The number of nitrogens with two attached hydrogens (primary N) is 1. The standard InChI is InChI=1S/C4H10N2O2/c1-2-8-6(5)3-4-7/h2,7H,1,3-5H2. The maximum absolute atomic E-state index is 8.23. The van der Waals surface area contributed by atoms with Crippen LogP contribution in [0.15, 0.2) is 12.8 Å². The molecule has 8 heavy (non-hydrogen) atoms. The molecule has 0 saturated heterocycles. The largest absolute Gasteiger partial charge is 0.400 e. The smallest absolute Gasteiger partial charge is 0.106 e. The van der Waals surface area contributed by atoms with Gasteiger partial charge in [-0.3, -0.25) is 0 Å². The van der Waals surface area contributed by atoms with Crippen molar-refractivity contribution in [3.8, 4) is 0 Å². The van der Waals surface area contributed by atoms with Crippen LogP contribution in [-0.4, -0.2) is 23.4 Å². The zero-order valence-corrected chi connectivity index (χ0v) is 4.58. The lowest BCUT2D eigenvalue weighted by Crippen LogP contribution is -2.31. The first-order valence-corrected chi connectivity index (χ1v) is 2.22. The monoisotopic (exact) mass is 118 g/mol. The SMILES string of the molecule is C=CON(N)CCO. The maximum Gasteiger partial charge on any atom is 0.106 e. The van der Waals surface area contributed by atoms with Gasteiger partial charge in [-0.2, -0.15) is 0 Å². The zero-order chi connectivity index (χ0) is 6.41. The van der Waals surface area contributed by atoms with E-state index in [1.54, 1.807) is 0 Å². The maximum atomic E-state index is 8.23. The normalized spacial score (nSPS) is 9.38. The topological polar surface area (TPSA) is 58.7 Å². The Kier molecular flexibility index (Phi) is 4.24. The minimum atomic E-state index is -0.0235. The highest BCUT2D eigenvalue weighted by atomic mass is 16.7. The van der Waals surface area contributed by atoms with Gasteiger partial charge in [-0.15, -0.1) is 0 Å². The number of hydroxylamine groups is 1. The second-order valence-electron chi connectivity index (χ2n) is 1.14. The van der Waals surface area contributed by atoms with Gasteiger partial charge in [-0.1, -0.05) is 11.8 Å². The molecule has 0 saturated carbocycles. The first kappa shape index (κ1) is 7.42. The van der Waals surface area contributed by atoms with Crippen molar-refractivity contribution in [1.82, 2.24) is 5.17 Å². The van der Waals surface area contributed by atoms with E-state index < -0.39 is 0 Å². The fourth-order valence-electron chi connectivity index (χ4n) is 0.247. The summed E-state index contributed by atoms with van der Waals surface area (Å²) in [6.07, 6.45) is 1.19. The minimum Gasteiger partial charge on any atom is -0.400 e. The molecule has 0 fully saturated rings. The third-order valence-electron chi connectivity index (χ3n) is 0.530. The first-order chi connectivity index (χ1) is 3.81. The van der Waals surface area contributed by atoms with Crippen molar-refractivity contribution in [2.75, 3.05) is 13.2 Å². The fraction of sp³-hybridized carbons (Fsp3) is 0.500. The molecule has 0 heterocycles. The van der Waals surface area contributed by atoms with Gasteiger partial charge in [0.25, 0.3) is 0 Å². The molecule has 0 atom stereocenters. The molecular weight excluding hydrogens is 108 g/mol. The lowest BCUT2D eigenvalue weighted by atomic mass is 10.7. The molecule has 0 radical (unpaired) electrons. The number of aliphatic hydroxyl groups excluding tert-OH is 1. The van der Waals surface area contributed by atoms with Crippen LogP contribution in [0.4, 0.5) is 0 Å². The molecule has 0 aromatic carbocycles. The minimum absolute atomic E-state index is 0.0235.